The van der Waals surface area contributed by atoms with Gasteiger partial charge in [-0.05, 0) is 19.1 Å². The van der Waals surface area contributed by atoms with Gasteiger partial charge in [-0.2, -0.15) is 0 Å². The molecule has 0 aliphatic carbocycles. The van der Waals surface area contributed by atoms with E-state index in [2.05, 4.69) is 10.3 Å². The summed E-state index contributed by atoms with van der Waals surface area (Å²) < 4.78 is 24.3. The molecule has 1 aromatic carbocycles. The van der Waals surface area contributed by atoms with E-state index in [4.69, 9.17) is 9.47 Å². The van der Waals surface area contributed by atoms with Crippen LogP contribution in [0.4, 0.5) is 4.39 Å². The van der Waals surface area contributed by atoms with Gasteiger partial charge in [-0.25, -0.2) is 4.39 Å². The largest absolute Gasteiger partial charge is 0.489 e. The molecule has 1 heterocycles. The highest BCUT2D eigenvalue weighted by Crippen LogP contribution is 2.20. The van der Waals surface area contributed by atoms with Crippen molar-refractivity contribution in [3.63, 3.8) is 0 Å². The Morgan fingerprint density at radius 3 is 2.73 bits per heavy atom. The van der Waals surface area contributed by atoms with Gasteiger partial charge in [-0.3, -0.25) is 4.99 Å². The van der Waals surface area contributed by atoms with Gasteiger partial charge in [0.2, 0.25) is 0 Å². The maximum atomic E-state index is 13.5. The Kier molecular flexibility index (Phi) is 10.2. The van der Waals surface area contributed by atoms with Crippen molar-refractivity contribution in [2.24, 2.45) is 4.99 Å². The Labute approximate surface area is 171 Å². The molecule has 2 N–H and O–H groups in total. The summed E-state index contributed by atoms with van der Waals surface area (Å²) in [5, 5.41) is 13.7. The summed E-state index contributed by atoms with van der Waals surface area (Å²) in [6.45, 7) is 5.05. The number of halogens is 2. The fraction of sp³-hybridized carbons (Fsp3) is 0.611. The lowest BCUT2D eigenvalue weighted by Crippen LogP contribution is -2.44. The van der Waals surface area contributed by atoms with E-state index >= 15 is 0 Å². The topological polar surface area (TPSA) is 66.3 Å². The molecule has 0 atom stereocenters. The number of hydrogen-bond donors (Lipinski definition) is 2. The van der Waals surface area contributed by atoms with Crippen LogP contribution in [-0.2, 0) is 4.74 Å². The number of aliphatic imine (C=N–C) groups is 1. The van der Waals surface area contributed by atoms with Crippen LogP contribution < -0.4 is 10.1 Å². The highest BCUT2D eigenvalue weighted by Gasteiger charge is 2.29. The average molecular weight is 481 g/mol. The van der Waals surface area contributed by atoms with E-state index in [0.717, 1.165) is 6.54 Å². The summed E-state index contributed by atoms with van der Waals surface area (Å²) >= 11 is 0. The van der Waals surface area contributed by atoms with Gasteiger partial charge < -0.3 is 24.8 Å². The third-order valence-electron chi connectivity index (χ3n) is 4.16. The van der Waals surface area contributed by atoms with Crippen molar-refractivity contribution < 1.29 is 19.0 Å². The molecule has 0 unspecified atom stereocenters. The van der Waals surface area contributed by atoms with Crippen LogP contribution >= 0.6 is 24.0 Å². The van der Waals surface area contributed by atoms with Gasteiger partial charge >= 0.3 is 0 Å². The zero-order valence-electron chi connectivity index (χ0n) is 15.4. The quantitative estimate of drug-likeness (QED) is 0.356. The lowest BCUT2D eigenvalue weighted by Gasteiger charge is -2.31. The number of aliphatic hydroxyl groups is 1. The van der Waals surface area contributed by atoms with E-state index in [-0.39, 0.29) is 35.5 Å². The Morgan fingerprint density at radius 1 is 1.38 bits per heavy atom. The van der Waals surface area contributed by atoms with Crippen LogP contribution in [0.1, 0.15) is 19.8 Å². The second-order valence-electron chi connectivity index (χ2n) is 6.21. The van der Waals surface area contributed by atoms with E-state index in [0.29, 0.717) is 51.7 Å². The molecule has 0 aromatic heterocycles. The fourth-order valence-electron chi connectivity index (χ4n) is 2.56. The zero-order chi connectivity index (χ0) is 18.1. The van der Waals surface area contributed by atoms with Crippen molar-refractivity contribution in [1.29, 1.82) is 0 Å². The summed E-state index contributed by atoms with van der Waals surface area (Å²) in [6.07, 6.45) is 1.19. The van der Waals surface area contributed by atoms with Crippen molar-refractivity contribution in [2.75, 3.05) is 46.5 Å². The van der Waals surface area contributed by atoms with Gasteiger partial charge in [0, 0.05) is 39.6 Å². The fourth-order valence-corrected chi connectivity index (χ4v) is 2.56. The minimum atomic E-state index is -0.802. The van der Waals surface area contributed by atoms with Crippen LogP contribution in [0, 0.1) is 5.82 Å². The number of nitrogens with one attached hydrogen (secondary N) is 1. The molecule has 1 aliphatic heterocycles. The molecule has 1 fully saturated rings. The Hall–Kier alpha value is -1.13. The smallest absolute Gasteiger partial charge is 0.193 e. The van der Waals surface area contributed by atoms with Crippen LogP contribution in [0.5, 0.6) is 5.75 Å². The molecular formula is C18H29FIN3O3. The van der Waals surface area contributed by atoms with Gasteiger partial charge in [0.25, 0.3) is 0 Å². The number of nitrogens with zero attached hydrogens (tertiary/aromatic N) is 2. The van der Waals surface area contributed by atoms with Crippen LogP contribution in [-0.4, -0.2) is 68.1 Å². The molecular weight excluding hydrogens is 452 g/mol. The lowest BCUT2D eigenvalue weighted by molar-refractivity contribution is -0.0566. The number of para-hydroxylation sites is 1. The Morgan fingerprint density at radius 2 is 2.08 bits per heavy atom. The van der Waals surface area contributed by atoms with Crippen LogP contribution in [0.2, 0.25) is 0 Å². The predicted molar refractivity (Wildman–Crippen MR) is 111 cm³/mol. The first kappa shape index (κ1) is 22.9. The monoisotopic (exact) mass is 481 g/mol. The average Bonchev–Trinajstić information content (AvgIpc) is 2.61. The first-order valence-electron chi connectivity index (χ1n) is 8.71. The number of benzene rings is 1. The summed E-state index contributed by atoms with van der Waals surface area (Å²) in [5.74, 6) is 0.571. The van der Waals surface area contributed by atoms with Gasteiger partial charge in [0.15, 0.2) is 17.5 Å². The van der Waals surface area contributed by atoms with Crippen LogP contribution in [0.25, 0.3) is 0 Å². The molecule has 6 nitrogen and oxygen atoms in total. The van der Waals surface area contributed by atoms with Crippen molar-refractivity contribution >= 4 is 29.9 Å². The molecule has 0 saturated carbocycles. The van der Waals surface area contributed by atoms with Crippen molar-refractivity contribution in [2.45, 2.75) is 25.4 Å². The molecule has 0 radical (unpaired) electrons. The van der Waals surface area contributed by atoms with E-state index < -0.39 is 5.60 Å². The SMILES string of the molecule is CCNC(=NCC1(O)CCOCC1)N(C)CCOc1ccccc1F.I. The predicted octanol–water partition coefficient (Wildman–Crippen LogP) is 2.26. The van der Waals surface area contributed by atoms with Crippen molar-refractivity contribution in [3.05, 3.63) is 30.1 Å². The summed E-state index contributed by atoms with van der Waals surface area (Å²) in [6, 6.07) is 6.35. The first-order valence-corrected chi connectivity index (χ1v) is 8.71. The minimum absolute atomic E-state index is 0. The molecule has 0 bridgehead atoms. The van der Waals surface area contributed by atoms with E-state index in [9.17, 15) is 9.50 Å². The highest BCUT2D eigenvalue weighted by molar-refractivity contribution is 14.0. The molecule has 0 amide bonds. The lowest BCUT2D eigenvalue weighted by atomic mass is 9.95. The number of hydrogen-bond acceptors (Lipinski definition) is 4. The third-order valence-corrected chi connectivity index (χ3v) is 4.16. The van der Waals surface area contributed by atoms with Crippen LogP contribution in [0.15, 0.2) is 29.3 Å². The molecule has 26 heavy (non-hydrogen) atoms. The van der Waals surface area contributed by atoms with E-state index in [1.807, 2.05) is 18.9 Å². The summed E-state index contributed by atoms with van der Waals surface area (Å²) in [7, 11) is 1.89. The molecule has 2 rings (SSSR count). The van der Waals surface area contributed by atoms with Crippen molar-refractivity contribution in [3.8, 4) is 5.75 Å². The normalized spacial score (nSPS) is 16.5. The van der Waals surface area contributed by atoms with Gasteiger partial charge in [0.05, 0.1) is 18.7 Å². The van der Waals surface area contributed by atoms with E-state index in [1.54, 1.807) is 18.2 Å². The first-order chi connectivity index (χ1) is 12.0. The minimum Gasteiger partial charge on any atom is -0.489 e. The maximum Gasteiger partial charge on any atom is 0.193 e. The number of ether oxygens (including phenoxy) is 2. The Balaban J connectivity index is 0.00000338. The molecule has 0 spiro atoms. The number of likely N-dealkylation sites (N-methyl/N-ethyl adjacent to an activating group) is 1. The summed E-state index contributed by atoms with van der Waals surface area (Å²) in [4.78, 5) is 6.46. The Bertz CT molecular complexity index is 568. The molecule has 1 aliphatic rings. The molecule has 148 valence electrons. The van der Waals surface area contributed by atoms with Crippen LogP contribution in [0.3, 0.4) is 0 Å². The maximum absolute atomic E-state index is 13.5. The third kappa shape index (κ3) is 7.24. The standard InChI is InChI=1S/C18H28FN3O3.HI/c1-3-20-17(21-14-18(23)8-11-24-12-9-18)22(2)10-13-25-16-7-5-4-6-15(16)19;/h4-7,23H,3,8-14H2,1-2H3,(H,20,21);1H. The number of rotatable bonds is 7. The van der Waals surface area contributed by atoms with E-state index in [1.165, 1.54) is 6.07 Å². The van der Waals surface area contributed by atoms with Gasteiger partial charge in [0.1, 0.15) is 6.61 Å². The molecule has 8 heteroatoms. The molecule has 1 aromatic rings. The number of guanidine groups is 1. The second-order valence-corrected chi connectivity index (χ2v) is 6.21. The van der Waals surface area contributed by atoms with Gasteiger partial charge in [-0.1, -0.05) is 12.1 Å². The molecule has 1 saturated heterocycles. The van der Waals surface area contributed by atoms with Crippen molar-refractivity contribution in [1.82, 2.24) is 10.2 Å². The zero-order valence-corrected chi connectivity index (χ0v) is 17.7. The van der Waals surface area contributed by atoms with Gasteiger partial charge in [-0.15, -0.1) is 24.0 Å². The highest BCUT2D eigenvalue weighted by atomic mass is 127. The summed E-state index contributed by atoms with van der Waals surface area (Å²) in [5.41, 5.74) is -0.802. The second kappa shape index (κ2) is 11.6.